The Morgan fingerprint density at radius 2 is 1.76 bits per heavy atom. The molecule has 0 amide bonds. The van der Waals surface area contributed by atoms with Gasteiger partial charge >= 0.3 is 0 Å². The zero-order valence-electron chi connectivity index (χ0n) is 16.0. The maximum absolute atomic E-state index is 6.21. The third-order valence-corrected chi connectivity index (χ3v) is 6.28. The molecule has 2 heterocycles. The van der Waals surface area contributed by atoms with E-state index < -0.39 is 0 Å². The van der Waals surface area contributed by atoms with Crippen molar-refractivity contribution in [1.82, 2.24) is 19.9 Å². The summed E-state index contributed by atoms with van der Waals surface area (Å²) in [5.41, 5.74) is 3.41. The molecule has 0 spiro atoms. The summed E-state index contributed by atoms with van der Waals surface area (Å²) >= 11 is 3.23. The van der Waals surface area contributed by atoms with Crippen molar-refractivity contribution in [1.29, 1.82) is 0 Å². The largest absolute Gasteiger partial charge is 0.497 e. The van der Waals surface area contributed by atoms with Gasteiger partial charge in [-0.3, -0.25) is 0 Å². The van der Waals surface area contributed by atoms with Crippen LogP contribution >= 0.6 is 23.1 Å². The van der Waals surface area contributed by atoms with Crippen LogP contribution in [0.3, 0.4) is 0 Å². The van der Waals surface area contributed by atoms with Crippen LogP contribution in [0, 0.1) is 0 Å². The standard InChI is InChI=1S/C21H21N5OS2/c1-27-18-9-7-16(8-10-18)11-19-24-25-21(26(19)22)29-14-17-13-28-20(23-17)12-15-5-3-2-4-6-15/h2-10,13H,11-12,14,22H2,1H3. The molecule has 0 bridgehead atoms. The fourth-order valence-corrected chi connectivity index (χ4v) is 4.56. The second kappa shape index (κ2) is 9.11. The van der Waals surface area contributed by atoms with E-state index >= 15 is 0 Å². The third kappa shape index (κ3) is 4.96. The van der Waals surface area contributed by atoms with Crippen LogP contribution in [0.1, 0.15) is 27.7 Å². The van der Waals surface area contributed by atoms with Gasteiger partial charge in [-0.2, -0.15) is 0 Å². The maximum Gasteiger partial charge on any atom is 0.210 e. The molecule has 2 aromatic carbocycles. The van der Waals surface area contributed by atoms with Crippen LogP contribution in [0.25, 0.3) is 0 Å². The molecule has 0 saturated heterocycles. The van der Waals surface area contributed by atoms with Crippen molar-refractivity contribution in [3.8, 4) is 5.75 Å². The number of nitrogens with zero attached hydrogens (tertiary/aromatic N) is 4. The molecule has 2 aromatic heterocycles. The van der Waals surface area contributed by atoms with E-state index in [-0.39, 0.29) is 0 Å². The average Bonchev–Trinajstić information content (AvgIpc) is 3.34. The number of hydrogen-bond acceptors (Lipinski definition) is 7. The summed E-state index contributed by atoms with van der Waals surface area (Å²) in [5.74, 6) is 8.47. The van der Waals surface area contributed by atoms with Gasteiger partial charge in [0.25, 0.3) is 0 Å². The Bertz CT molecular complexity index is 1060. The maximum atomic E-state index is 6.21. The van der Waals surface area contributed by atoms with Crippen molar-refractivity contribution < 1.29 is 4.74 Å². The second-order valence-corrected chi connectivity index (χ2v) is 8.36. The highest BCUT2D eigenvalue weighted by molar-refractivity contribution is 7.98. The fraction of sp³-hybridized carbons (Fsp3) is 0.190. The minimum Gasteiger partial charge on any atom is -0.497 e. The van der Waals surface area contributed by atoms with Crippen LogP contribution in [0.15, 0.2) is 65.1 Å². The number of nitrogens with two attached hydrogens (primary N) is 1. The van der Waals surface area contributed by atoms with Crippen molar-refractivity contribution >= 4 is 23.1 Å². The zero-order chi connectivity index (χ0) is 20.1. The van der Waals surface area contributed by atoms with Crippen LogP contribution < -0.4 is 10.6 Å². The van der Waals surface area contributed by atoms with E-state index in [2.05, 4.69) is 39.8 Å². The van der Waals surface area contributed by atoms with Crippen molar-refractivity contribution in [2.24, 2.45) is 0 Å². The van der Waals surface area contributed by atoms with Gasteiger partial charge in [-0.25, -0.2) is 9.66 Å². The normalized spacial score (nSPS) is 10.9. The Morgan fingerprint density at radius 1 is 1.00 bits per heavy atom. The molecule has 2 N–H and O–H groups in total. The van der Waals surface area contributed by atoms with Gasteiger partial charge in [0.15, 0.2) is 5.82 Å². The summed E-state index contributed by atoms with van der Waals surface area (Å²) in [6.07, 6.45) is 1.47. The molecule has 0 atom stereocenters. The number of rotatable bonds is 8. The summed E-state index contributed by atoms with van der Waals surface area (Å²) in [6.45, 7) is 0. The lowest BCUT2D eigenvalue weighted by atomic mass is 10.1. The van der Waals surface area contributed by atoms with Crippen molar-refractivity contribution in [2.75, 3.05) is 13.0 Å². The van der Waals surface area contributed by atoms with E-state index in [1.165, 1.54) is 5.56 Å². The highest BCUT2D eigenvalue weighted by atomic mass is 32.2. The Balaban J connectivity index is 1.35. The predicted molar refractivity (Wildman–Crippen MR) is 117 cm³/mol. The first kappa shape index (κ1) is 19.5. The van der Waals surface area contributed by atoms with Crippen LogP contribution in [0.2, 0.25) is 0 Å². The number of benzene rings is 2. The molecule has 4 rings (SSSR count). The van der Waals surface area contributed by atoms with Crippen LogP contribution in [0.5, 0.6) is 5.75 Å². The highest BCUT2D eigenvalue weighted by Gasteiger charge is 2.12. The second-order valence-electron chi connectivity index (χ2n) is 6.48. The Kier molecular flexibility index (Phi) is 6.12. The number of methoxy groups -OCH3 is 1. The van der Waals surface area contributed by atoms with Gasteiger partial charge in [-0.05, 0) is 23.3 Å². The van der Waals surface area contributed by atoms with Gasteiger partial charge in [-0.1, -0.05) is 54.2 Å². The molecule has 0 saturated carbocycles. The van der Waals surface area contributed by atoms with Crippen molar-refractivity contribution in [2.45, 2.75) is 23.8 Å². The SMILES string of the molecule is COc1ccc(Cc2nnc(SCc3csc(Cc4ccccc4)n3)n2N)cc1. The average molecular weight is 424 g/mol. The molecule has 8 heteroatoms. The van der Waals surface area contributed by atoms with Gasteiger partial charge in [0.1, 0.15) is 5.75 Å². The van der Waals surface area contributed by atoms with Gasteiger partial charge in [-0.15, -0.1) is 21.5 Å². The molecule has 0 aliphatic heterocycles. The lowest BCUT2D eigenvalue weighted by molar-refractivity contribution is 0.414. The van der Waals surface area contributed by atoms with Crippen molar-refractivity contribution in [3.63, 3.8) is 0 Å². The van der Waals surface area contributed by atoms with E-state index in [9.17, 15) is 0 Å². The molecule has 0 fully saturated rings. The molecule has 0 unspecified atom stereocenters. The monoisotopic (exact) mass is 423 g/mol. The Morgan fingerprint density at radius 3 is 2.52 bits per heavy atom. The lowest BCUT2D eigenvalue weighted by Crippen LogP contribution is -2.14. The minimum atomic E-state index is 0.617. The smallest absolute Gasteiger partial charge is 0.210 e. The van der Waals surface area contributed by atoms with E-state index in [4.69, 9.17) is 15.6 Å². The summed E-state index contributed by atoms with van der Waals surface area (Å²) in [5, 5.41) is 12.4. The topological polar surface area (TPSA) is 78.9 Å². The van der Waals surface area contributed by atoms with E-state index in [0.717, 1.165) is 34.3 Å². The zero-order valence-corrected chi connectivity index (χ0v) is 17.6. The minimum absolute atomic E-state index is 0.617. The molecular weight excluding hydrogens is 402 g/mol. The fourth-order valence-electron chi connectivity index (χ4n) is 2.86. The molecule has 0 aliphatic rings. The molecule has 0 radical (unpaired) electrons. The quantitative estimate of drug-likeness (QED) is 0.342. The highest BCUT2D eigenvalue weighted by Crippen LogP contribution is 2.23. The summed E-state index contributed by atoms with van der Waals surface area (Å²) < 4.78 is 6.75. The Labute approximate surface area is 177 Å². The van der Waals surface area contributed by atoms with Gasteiger partial charge in [0.2, 0.25) is 5.16 Å². The number of hydrogen-bond donors (Lipinski definition) is 1. The van der Waals surface area contributed by atoms with Crippen LogP contribution in [0.4, 0.5) is 0 Å². The number of nitrogen functional groups attached to an aromatic ring is 1. The number of thiazole rings is 1. The van der Waals surface area contributed by atoms with Gasteiger partial charge in [0.05, 0.1) is 17.8 Å². The predicted octanol–water partition coefficient (Wildman–Crippen LogP) is 3.93. The van der Waals surface area contributed by atoms with E-state index in [0.29, 0.717) is 17.3 Å². The van der Waals surface area contributed by atoms with Crippen LogP contribution in [-0.4, -0.2) is 27.0 Å². The van der Waals surface area contributed by atoms with Gasteiger partial charge < -0.3 is 10.6 Å². The van der Waals surface area contributed by atoms with Crippen LogP contribution in [-0.2, 0) is 18.6 Å². The lowest BCUT2D eigenvalue weighted by Gasteiger charge is -2.04. The summed E-state index contributed by atoms with van der Waals surface area (Å²) in [4.78, 5) is 4.73. The molecule has 29 heavy (non-hydrogen) atoms. The summed E-state index contributed by atoms with van der Waals surface area (Å²) in [6, 6.07) is 18.2. The first-order valence-electron chi connectivity index (χ1n) is 9.13. The first-order chi connectivity index (χ1) is 14.2. The molecular formula is C21H21N5OS2. The molecule has 4 aromatic rings. The Hall–Kier alpha value is -2.84. The third-order valence-electron chi connectivity index (χ3n) is 4.40. The van der Waals surface area contributed by atoms with E-state index in [1.54, 1.807) is 34.9 Å². The number of ether oxygens (including phenoxy) is 1. The number of thioether (sulfide) groups is 1. The number of aromatic nitrogens is 4. The molecule has 0 aliphatic carbocycles. The molecule has 6 nitrogen and oxygen atoms in total. The van der Waals surface area contributed by atoms with Crippen molar-refractivity contribution in [3.05, 3.63) is 87.6 Å². The van der Waals surface area contributed by atoms with E-state index in [1.807, 2.05) is 30.3 Å². The van der Waals surface area contributed by atoms with Gasteiger partial charge in [0, 0.05) is 24.0 Å². The first-order valence-corrected chi connectivity index (χ1v) is 11.0. The summed E-state index contributed by atoms with van der Waals surface area (Å²) in [7, 11) is 1.65. The molecule has 148 valence electrons.